The first-order valence-electron chi connectivity index (χ1n) is 14.1. The van der Waals surface area contributed by atoms with Crippen molar-refractivity contribution in [2.75, 3.05) is 39.5 Å². The Labute approximate surface area is 223 Å². The summed E-state index contributed by atoms with van der Waals surface area (Å²) >= 11 is 0. The highest BCUT2D eigenvalue weighted by molar-refractivity contribution is 6.05. The van der Waals surface area contributed by atoms with Gasteiger partial charge in [0.05, 0.1) is 30.3 Å². The lowest BCUT2D eigenvalue weighted by atomic mass is 10.0. The quantitative estimate of drug-likeness (QED) is 0.233. The van der Waals surface area contributed by atoms with Crippen LogP contribution in [0.2, 0.25) is 0 Å². The molecule has 198 valence electrons. The summed E-state index contributed by atoms with van der Waals surface area (Å²) in [4.78, 5) is 25.3. The van der Waals surface area contributed by atoms with E-state index in [0.29, 0.717) is 32.1 Å². The monoisotopic (exact) mass is 512 g/mol. The number of aryl methyl sites for hydroxylation is 1. The lowest BCUT2D eigenvalue weighted by Crippen LogP contribution is -2.31. The van der Waals surface area contributed by atoms with Gasteiger partial charge in [-0.25, -0.2) is 4.98 Å². The third kappa shape index (κ3) is 5.05. The molecule has 5 heterocycles. The lowest BCUT2D eigenvalue weighted by molar-refractivity contribution is 0.186. The van der Waals surface area contributed by atoms with Crippen molar-refractivity contribution in [3.63, 3.8) is 0 Å². The third-order valence-corrected chi connectivity index (χ3v) is 7.97. The lowest BCUT2D eigenvalue weighted by Gasteiger charge is -2.26. The fourth-order valence-corrected chi connectivity index (χ4v) is 5.87. The highest BCUT2D eigenvalue weighted by Gasteiger charge is 2.23. The predicted molar refractivity (Wildman–Crippen MR) is 151 cm³/mol. The first-order valence-corrected chi connectivity index (χ1v) is 14.1. The summed E-state index contributed by atoms with van der Waals surface area (Å²) in [5, 5.41) is 1.97. The average Bonchev–Trinajstić information content (AvgIpc) is 3.50. The number of piperidine rings is 1. The molecule has 0 bridgehead atoms. The van der Waals surface area contributed by atoms with Crippen molar-refractivity contribution in [1.29, 1.82) is 0 Å². The van der Waals surface area contributed by atoms with Crippen LogP contribution in [0.3, 0.4) is 0 Å². The minimum absolute atomic E-state index is 0.0405. The van der Waals surface area contributed by atoms with Crippen molar-refractivity contribution in [3.8, 4) is 17.0 Å². The van der Waals surface area contributed by atoms with Gasteiger partial charge in [-0.05, 0) is 75.0 Å². The second kappa shape index (κ2) is 11.2. The SMILES string of the molecule is CCc1cc2cnc3ccc(-c4ccc(OCCCN5CCCCC5)nc4)cc3c2n([C@H]2CCOC2)c1=O. The second-order valence-electron chi connectivity index (χ2n) is 10.5. The summed E-state index contributed by atoms with van der Waals surface area (Å²) in [6.07, 6.45) is 10.3. The van der Waals surface area contributed by atoms with E-state index in [0.717, 1.165) is 57.9 Å². The number of ether oxygens (including phenoxy) is 2. The average molecular weight is 513 g/mol. The molecule has 0 aliphatic carbocycles. The van der Waals surface area contributed by atoms with Crippen LogP contribution in [0.4, 0.5) is 0 Å². The number of benzene rings is 1. The molecule has 38 heavy (non-hydrogen) atoms. The number of fused-ring (bicyclic) bond motifs is 3. The highest BCUT2D eigenvalue weighted by atomic mass is 16.5. The molecule has 2 fully saturated rings. The number of hydrogen-bond acceptors (Lipinski definition) is 6. The largest absolute Gasteiger partial charge is 0.478 e. The van der Waals surface area contributed by atoms with Crippen molar-refractivity contribution in [1.82, 2.24) is 19.4 Å². The number of likely N-dealkylation sites (tertiary alicyclic amines) is 1. The summed E-state index contributed by atoms with van der Waals surface area (Å²) < 4.78 is 13.6. The van der Waals surface area contributed by atoms with Gasteiger partial charge in [-0.3, -0.25) is 9.78 Å². The minimum atomic E-state index is 0.0405. The topological polar surface area (TPSA) is 69.5 Å². The van der Waals surface area contributed by atoms with E-state index in [1.807, 2.05) is 42.1 Å². The molecule has 0 spiro atoms. The molecule has 0 amide bonds. The first kappa shape index (κ1) is 25.0. The number of nitrogens with zero attached hydrogens (tertiary/aromatic N) is 4. The van der Waals surface area contributed by atoms with E-state index in [1.54, 1.807) is 0 Å². The Hall–Kier alpha value is -3.29. The van der Waals surface area contributed by atoms with Gasteiger partial charge in [0.25, 0.3) is 5.56 Å². The highest BCUT2D eigenvalue weighted by Crippen LogP contribution is 2.31. The van der Waals surface area contributed by atoms with E-state index in [-0.39, 0.29) is 11.6 Å². The summed E-state index contributed by atoms with van der Waals surface area (Å²) in [7, 11) is 0. The van der Waals surface area contributed by atoms with E-state index in [2.05, 4.69) is 28.1 Å². The third-order valence-electron chi connectivity index (χ3n) is 7.97. The summed E-state index contributed by atoms with van der Waals surface area (Å²) in [5.41, 5.74) is 4.76. The Kier molecular flexibility index (Phi) is 7.38. The molecule has 2 aliphatic rings. The van der Waals surface area contributed by atoms with Crippen molar-refractivity contribution in [2.24, 2.45) is 0 Å². The smallest absolute Gasteiger partial charge is 0.254 e. The number of pyridine rings is 3. The zero-order valence-electron chi connectivity index (χ0n) is 22.2. The Morgan fingerprint density at radius 1 is 1.03 bits per heavy atom. The second-order valence-corrected chi connectivity index (χ2v) is 10.5. The van der Waals surface area contributed by atoms with Crippen LogP contribution < -0.4 is 10.3 Å². The van der Waals surface area contributed by atoms with Gasteiger partial charge in [0, 0.05) is 53.5 Å². The van der Waals surface area contributed by atoms with Gasteiger partial charge >= 0.3 is 0 Å². The first-order chi connectivity index (χ1) is 18.7. The number of aromatic nitrogens is 3. The zero-order chi connectivity index (χ0) is 25.9. The van der Waals surface area contributed by atoms with Gasteiger partial charge in [0.15, 0.2) is 0 Å². The van der Waals surface area contributed by atoms with Gasteiger partial charge in [0.2, 0.25) is 5.88 Å². The van der Waals surface area contributed by atoms with Gasteiger partial charge in [-0.1, -0.05) is 19.4 Å². The standard InChI is InChI=1S/C31H36N4O3/c1-2-22-17-25-20-32-28-9-7-23(18-27(28)30(25)35(31(22)36)26-11-16-37-21-26)24-8-10-29(33-19-24)38-15-6-14-34-12-4-3-5-13-34/h7-10,17-20,26H,2-6,11-16,21H2,1H3/t26-/m0/s1. The van der Waals surface area contributed by atoms with Crippen LogP contribution in [0.1, 0.15) is 50.6 Å². The van der Waals surface area contributed by atoms with E-state index in [9.17, 15) is 4.79 Å². The van der Waals surface area contributed by atoms with Gasteiger partial charge in [0.1, 0.15) is 0 Å². The van der Waals surface area contributed by atoms with Gasteiger partial charge in [-0.15, -0.1) is 0 Å². The van der Waals surface area contributed by atoms with E-state index >= 15 is 0 Å². The maximum absolute atomic E-state index is 13.5. The van der Waals surface area contributed by atoms with Crippen LogP contribution in [-0.4, -0.2) is 58.9 Å². The molecule has 0 radical (unpaired) electrons. The summed E-state index contributed by atoms with van der Waals surface area (Å²) in [6, 6.07) is 12.3. The van der Waals surface area contributed by atoms with E-state index in [4.69, 9.17) is 14.5 Å². The molecule has 2 aliphatic heterocycles. The maximum atomic E-state index is 13.5. The van der Waals surface area contributed by atoms with Crippen LogP contribution in [0.5, 0.6) is 5.88 Å². The van der Waals surface area contributed by atoms with Crippen LogP contribution in [-0.2, 0) is 11.2 Å². The molecule has 0 saturated carbocycles. The predicted octanol–water partition coefficient (Wildman–Crippen LogP) is 5.39. The van der Waals surface area contributed by atoms with E-state index in [1.165, 1.54) is 32.4 Å². The maximum Gasteiger partial charge on any atom is 0.254 e. The van der Waals surface area contributed by atoms with Crippen molar-refractivity contribution >= 4 is 21.8 Å². The normalized spacial score (nSPS) is 18.4. The fraction of sp³-hybridized carbons (Fsp3) is 0.452. The van der Waals surface area contributed by atoms with Gasteiger partial charge in [-0.2, -0.15) is 0 Å². The van der Waals surface area contributed by atoms with Crippen molar-refractivity contribution in [3.05, 3.63) is 64.7 Å². The van der Waals surface area contributed by atoms with Crippen molar-refractivity contribution < 1.29 is 9.47 Å². The van der Waals surface area contributed by atoms with Crippen LogP contribution in [0.25, 0.3) is 32.9 Å². The summed E-state index contributed by atoms with van der Waals surface area (Å²) in [6.45, 7) is 7.48. The van der Waals surface area contributed by atoms with Crippen molar-refractivity contribution in [2.45, 2.75) is 51.5 Å². The van der Waals surface area contributed by atoms with Crippen LogP contribution in [0.15, 0.2) is 53.6 Å². The molecule has 7 heteroatoms. The molecular weight excluding hydrogens is 476 g/mol. The molecule has 4 aromatic rings. The molecule has 1 atom stereocenters. The summed E-state index contributed by atoms with van der Waals surface area (Å²) in [5.74, 6) is 0.655. The molecule has 0 N–H and O–H groups in total. The molecule has 2 saturated heterocycles. The molecule has 3 aromatic heterocycles. The minimum Gasteiger partial charge on any atom is -0.478 e. The van der Waals surface area contributed by atoms with Gasteiger partial charge < -0.3 is 18.9 Å². The molecule has 6 rings (SSSR count). The molecule has 1 aromatic carbocycles. The van der Waals surface area contributed by atoms with Crippen LogP contribution in [0, 0.1) is 0 Å². The Morgan fingerprint density at radius 2 is 1.89 bits per heavy atom. The molecular formula is C31H36N4O3. The zero-order valence-corrected chi connectivity index (χ0v) is 22.2. The number of hydrogen-bond donors (Lipinski definition) is 0. The Bertz CT molecular complexity index is 1470. The molecule has 0 unspecified atom stereocenters. The number of rotatable bonds is 8. The Balaban J connectivity index is 1.27. The Morgan fingerprint density at radius 3 is 2.66 bits per heavy atom. The van der Waals surface area contributed by atoms with Crippen LogP contribution >= 0.6 is 0 Å². The molecule has 7 nitrogen and oxygen atoms in total. The van der Waals surface area contributed by atoms with E-state index < -0.39 is 0 Å². The fourth-order valence-electron chi connectivity index (χ4n) is 5.87.